The molecule has 48 valence electrons. The first-order chi connectivity index (χ1) is 3.56. The molecule has 0 aliphatic heterocycles. The van der Waals surface area contributed by atoms with Gasteiger partial charge in [0.1, 0.15) is 5.60 Å². The van der Waals surface area contributed by atoms with Crippen molar-refractivity contribution in [3.8, 4) is 0 Å². The fourth-order valence-electron chi connectivity index (χ4n) is 0.211. The SMILES string of the molecule is CC=NOC(C)(C)C. The second-order valence-corrected chi connectivity index (χ2v) is 2.57. The first kappa shape index (κ1) is 7.47. The van der Waals surface area contributed by atoms with Crippen molar-refractivity contribution in [3.05, 3.63) is 0 Å². The van der Waals surface area contributed by atoms with E-state index in [0.29, 0.717) is 0 Å². The lowest BCUT2D eigenvalue weighted by Crippen LogP contribution is -2.15. The molecule has 2 nitrogen and oxygen atoms in total. The molecule has 0 spiro atoms. The van der Waals surface area contributed by atoms with Gasteiger partial charge in [0.2, 0.25) is 0 Å². The summed E-state index contributed by atoms with van der Waals surface area (Å²) in [4.78, 5) is 4.95. The van der Waals surface area contributed by atoms with Gasteiger partial charge < -0.3 is 4.84 Å². The second-order valence-electron chi connectivity index (χ2n) is 2.57. The Hall–Kier alpha value is -0.530. The molecule has 8 heavy (non-hydrogen) atoms. The molecule has 0 bridgehead atoms. The Morgan fingerprint density at radius 1 is 1.38 bits per heavy atom. The van der Waals surface area contributed by atoms with Crippen LogP contribution in [0.25, 0.3) is 0 Å². The van der Waals surface area contributed by atoms with Crippen molar-refractivity contribution in [1.29, 1.82) is 0 Å². The highest BCUT2D eigenvalue weighted by molar-refractivity contribution is 5.52. The van der Waals surface area contributed by atoms with Crippen molar-refractivity contribution in [2.24, 2.45) is 5.16 Å². The largest absolute Gasteiger partial charge is 0.390 e. The molecule has 0 saturated heterocycles. The quantitative estimate of drug-likeness (QED) is 0.377. The summed E-state index contributed by atoms with van der Waals surface area (Å²) in [5, 5.41) is 3.62. The molecule has 0 rings (SSSR count). The minimum absolute atomic E-state index is 0.146. The fraction of sp³-hybridized carbons (Fsp3) is 0.833. The van der Waals surface area contributed by atoms with Crippen LogP contribution in [0.5, 0.6) is 0 Å². The molecule has 0 aromatic rings. The lowest BCUT2D eigenvalue weighted by Gasteiger charge is -2.14. The van der Waals surface area contributed by atoms with Crippen LogP contribution in [0.2, 0.25) is 0 Å². The summed E-state index contributed by atoms with van der Waals surface area (Å²) in [5.41, 5.74) is -0.146. The summed E-state index contributed by atoms with van der Waals surface area (Å²) in [6, 6.07) is 0. The number of nitrogens with zero attached hydrogens (tertiary/aromatic N) is 1. The molecule has 0 heterocycles. The Balaban J connectivity index is 3.39. The fourth-order valence-corrected chi connectivity index (χ4v) is 0.211. The first-order valence-corrected chi connectivity index (χ1v) is 2.72. The maximum Gasteiger partial charge on any atom is 0.129 e. The second kappa shape index (κ2) is 2.70. The molecule has 0 N–H and O–H groups in total. The molecule has 0 aromatic heterocycles. The molecule has 0 saturated carbocycles. The van der Waals surface area contributed by atoms with Crippen molar-refractivity contribution in [3.63, 3.8) is 0 Å². The van der Waals surface area contributed by atoms with Crippen LogP contribution in [0.3, 0.4) is 0 Å². The van der Waals surface area contributed by atoms with Crippen molar-refractivity contribution >= 4 is 6.21 Å². The predicted molar refractivity (Wildman–Crippen MR) is 35.0 cm³/mol. The molecule has 2 heteroatoms. The van der Waals surface area contributed by atoms with Crippen LogP contribution in [0.1, 0.15) is 27.7 Å². The monoisotopic (exact) mass is 115 g/mol. The lowest BCUT2D eigenvalue weighted by atomic mass is 10.2. The van der Waals surface area contributed by atoms with E-state index >= 15 is 0 Å². The summed E-state index contributed by atoms with van der Waals surface area (Å²) < 4.78 is 0. The molecule has 0 amide bonds. The minimum Gasteiger partial charge on any atom is -0.390 e. The van der Waals surface area contributed by atoms with E-state index in [-0.39, 0.29) is 5.60 Å². The summed E-state index contributed by atoms with van der Waals surface area (Å²) >= 11 is 0. The van der Waals surface area contributed by atoms with Crippen LogP contribution < -0.4 is 0 Å². The molecule has 0 aliphatic carbocycles. The highest BCUT2D eigenvalue weighted by Crippen LogP contribution is 2.05. The molecule has 0 fully saturated rings. The van der Waals surface area contributed by atoms with Crippen LogP contribution in [0, 0.1) is 0 Å². The van der Waals surface area contributed by atoms with Gasteiger partial charge in [0.25, 0.3) is 0 Å². The Morgan fingerprint density at radius 3 is 2.00 bits per heavy atom. The Labute approximate surface area is 50.5 Å². The van der Waals surface area contributed by atoms with Gasteiger partial charge in [0, 0.05) is 6.21 Å². The standard InChI is InChI=1S/C6H13NO/c1-5-7-8-6(2,3)4/h5H,1-4H3. The van der Waals surface area contributed by atoms with Crippen molar-refractivity contribution < 1.29 is 4.84 Å². The zero-order valence-electron chi connectivity index (χ0n) is 5.93. The summed E-state index contributed by atoms with van der Waals surface area (Å²) in [5.74, 6) is 0. The van der Waals surface area contributed by atoms with Gasteiger partial charge in [-0.1, -0.05) is 5.16 Å². The zero-order valence-corrected chi connectivity index (χ0v) is 5.93. The van der Waals surface area contributed by atoms with Crippen LogP contribution in [0.15, 0.2) is 5.16 Å². The molecule has 0 atom stereocenters. The molecular formula is C6H13NO. The average molecular weight is 115 g/mol. The number of hydrogen-bond donors (Lipinski definition) is 0. The summed E-state index contributed by atoms with van der Waals surface area (Å²) in [7, 11) is 0. The van der Waals surface area contributed by atoms with Crippen molar-refractivity contribution in [2.45, 2.75) is 33.3 Å². The molecular weight excluding hydrogens is 102 g/mol. The van der Waals surface area contributed by atoms with E-state index < -0.39 is 0 Å². The van der Waals surface area contributed by atoms with E-state index in [1.165, 1.54) is 0 Å². The van der Waals surface area contributed by atoms with Crippen LogP contribution in [-0.2, 0) is 4.84 Å². The smallest absolute Gasteiger partial charge is 0.129 e. The van der Waals surface area contributed by atoms with Gasteiger partial charge in [0.05, 0.1) is 0 Å². The van der Waals surface area contributed by atoms with Crippen LogP contribution in [-0.4, -0.2) is 11.8 Å². The van der Waals surface area contributed by atoms with Crippen molar-refractivity contribution in [1.82, 2.24) is 0 Å². The van der Waals surface area contributed by atoms with Gasteiger partial charge in [-0.25, -0.2) is 0 Å². The average Bonchev–Trinajstić information content (AvgIpc) is 1.59. The maximum absolute atomic E-state index is 4.95. The first-order valence-electron chi connectivity index (χ1n) is 2.72. The van der Waals surface area contributed by atoms with Gasteiger partial charge >= 0.3 is 0 Å². The van der Waals surface area contributed by atoms with E-state index in [9.17, 15) is 0 Å². The normalized spacial score (nSPS) is 12.5. The predicted octanol–water partition coefficient (Wildman–Crippen LogP) is 1.81. The van der Waals surface area contributed by atoms with Crippen LogP contribution in [0.4, 0.5) is 0 Å². The Morgan fingerprint density at radius 2 is 1.88 bits per heavy atom. The molecule has 0 aromatic carbocycles. The summed E-state index contributed by atoms with van der Waals surface area (Å²) in [6.07, 6.45) is 1.63. The third-order valence-corrected chi connectivity index (χ3v) is 0.432. The van der Waals surface area contributed by atoms with E-state index in [0.717, 1.165) is 0 Å². The van der Waals surface area contributed by atoms with Crippen LogP contribution >= 0.6 is 0 Å². The van der Waals surface area contributed by atoms with E-state index in [1.54, 1.807) is 6.21 Å². The van der Waals surface area contributed by atoms with E-state index in [1.807, 2.05) is 27.7 Å². The lowest BCUT2D eigenvalue weighted by molar-refractivity contribution is 0.00180. The van der Waals surface area contributed by atoms with Gasteiger partial charge in [-0.05, 0) is 27.7 Å². The van der Waals surface area contributed by atoms with Gasteiger partial charge in [-0.15, -0.1) is 0 Å². The Bertz CT molecular complexity index is 81.0. The molecule has 0 unspecified atom stereocenters. The topological polar surface area (TPSA) is 21.6 Å². The van der Waals surface area contributed by atoms with E-state index in [2.05, 4.69) is 5.16 Å². The number of rotatable bonds is 1. The minimum atomic E-state index is -0.146. The number of oxime groups is 1. The third-order valence-electron chi connectivity index (χ3n) is 0.432. The molecule has 0 aliphatic rings. The zero-order chi connectivity index (χ0) is 6.62. The van der Waals surface area contributed by atoms with Gasteiger partial charge in [0.15, 0.2) is 0 Å². The third kappa shape index (κ3) is 5.47. The van der Waals surface area contributed by atoms with Crippen molar-refractivity contribution in [2.75, 3.05) is 0 Å². The Kier molecular flexibility index (Phi) is 2.52. The van der Waals surface area contributed by atoms with E-state index in [4.69, 9.17) is 4.84 Å². The highest BCUT2D eigenvalue weighted by atomic mass is 16.6. The molecule has 0 radical (unpaired) electrons. The highest BCUT2D eigenvalue weighted by Gasteiger charge is 2.08. The van der Waals surface area contributed by atoms with Gasteiger partial charge in [-0.3, -0.25) is 0 Å². The number of hydrogen-bond acceptors (Lipinski definition) is 2. The van der Waals surface area contributed by atoms with Gasteiger partial charge in [-0.2, -0.15) is 0 Å². The maximum atomic E-state index is 4.95. The summed E-state index contributed by atoms with van der Waals surface area (Å²) in [6.45, 7) is 7.70.